The number of piperidine rings is 1. The van der Waals surface area contributed by atoms with Gasteiger partial charge in [0, 0.05) is 29.7 Å². The number of nitrogens with one attached hydrogen (secondary N) is 1. The molecule has 1 amide bonds. The molecule has 0 bridgehead atoms. The van der Waals surface area contributed by atoms with Gasteiger partial charge in [0.2, 0.25) is 15.9 Å². The van der Waals surface area contributed by atoms with E-state index in [-0.39, 0.29) is 16.7 Å². The summed E-state index contributed by atoms with van der Waals surface area (Å²) < 4.78 is 28.0. The van der Waals surface area contributed by atoms with Crippen molar-refractivity contribution in [3.05, 3.63) is 51.6 Å². The van der Waals surface area contributed by atoms with Crippen molar-refractivity contribution < 1.29 is 13.2 Å². The number of anilines is 1. The first kappa shape index (κ1) is 20.3. The molecular weight excluding hydrogens is 454 g/mol. The third kappa shape index (κ3) is 4.68. The van der Waals surface area contributed by atoms with Crippen molar-refractivity contribution in [2.24, 2.45) is 5.92 Å². The molecule has 144 valence electrons. The van der Waals surface area contributed by atoms with E-state index in [0.717, 1.165) is 10.0 Å². The van der Waals surface area contributed by atoms with Crippen LogP contribution in [0.3, 0.4) is 0 Å². The number of pyridine rings is 1. The molecule has 0 saturated carbocycles. The number of sulfonamides is 1. The normalized spacial score (nSPS) is 16.3. The lowest BCUT2D eigenvalue weighted by atomic mass is 9.97. The van der Waals surface area contributed by atoms with Crippen molar-refractivity contribution in [2.45, 2.75) is 24.7 Å². The number of halogens is 2. The summed E-state index contributed by atoms with van der Waals surface area (Å²) in [5.41, 5.74) is 0.862. The number of hydrogen-bond donors (Lipinski definition) is 1. The maximum Gasteiger partial charge on any atom is 0.243 e. The second-order valence-electron chi connectivity index (χ2n) is 6.44. The topological polar surface area (TPSA) is 79.4 Å². The molecule has 27 heavy (non-hydrogen) atoms. The van der Waals surface area contributed by atoms with Crippen LogP contribution >= 0.6 is 27.5 Å². The van der Waals surface area contributed by atoms with Crippen molar-refractivity contribution in [3.8, 4) is 0 Å². The SMILES string of the molecule is Cc1cc(S(=O)(=O)N2CCC(C(=O)Nc3ccc(Cl)cn3)CC2)ccc1Br. The molecule has 0 atom stereocenters. The van der Waals surface area contributed by atoms with Crippen LogP contribution in [-0.2, 0) is 14.8 Å². The predicted octanol–water partition coefficient (Wildman–Crippen LogP) is 3.85. The summed E-state index contributed by atoms with van der Waals surface area (Å²) in [7, 11) is -3.56. The molecule has 2 aromatic rings. The minimum absolute atomic E-state index is 0.152. The highest BCUT2D eigenvalue weighted by Gasteiger charge is 2.32. The van der Waals surface area contributed by atoms with E-state index in [9.17, 15) is 13.2 Å². The van der Waals surface area contributed by atoms with Crippen LogP contribution < -0.4 is 5.32 Å². The molecule has 1 aliphatic heterocycles. The Morgan fingerprint density at radius 3 is 2.56 bits per heavy atom. The zero-order valence-electron chi connectivity index (χ0n) is 14.7. The Morgan fingerprint density at radius 2 is 1.96 bits per heavy atom. The first-order chi connectivity index (χ1) is 12.8. The van der Waals surface area contributed by atoms with E-state index in [2.05, 4.69) is 26.2 Å². The van der Waals surface area contributed by atoms with E-state index in [1.165, 1.54) is 10.5 Å². The van der Waals surface area contributed by atoms with E-state index in [1.807, 2.05) is 6.92 Å². The molecule has 1 aliphatic rings. The summed E-state index contributed by atoms with van der Waals surface area (Å²) in [6, 6.07) is 8.28. The van der Waals surface area contributed by atoms with Gasteiger partial charge in [-0.3, -0.25) is 4.79 Å². The van der Waals surface area contributed by atoms with Crippen LogP contribution in [0.1, 0.15) is 18.4 Å². The van der Waals surface area contributed by atoms with E-state index in [1.54, 1.807) is 30.3 Å². The number of carbonyl (C=O) groups is 1. The van der Waals surface area contributed by atoms with E-state index >= 15 is 0 Å². The number of aromatic nitrogens is 1. The van der Waals surface area contributed by atoms with Gasteiger partial charge in [0.1, 0.15) is 5.82 Å². The Bertz CT molecular complexity index is 943. The van der Waals surface area contributed by atoms with Gasteiger partial charge in [0.05, 0.1) is 9.92 Å². The minimum atomic E-state index is -3.56. The van der Waals surface area contributed by atoms with Crippen LogP contribution in [0.25, 0.3) is 0 Å². The van der Waals surface area contributed by atoms with Crippen LogP contribution in [0.2, 0.25) is 5.02 Å². The first-order valence-corrected chi connectivity index (χ1v) is 11.1. The van der Waals surface area contributed by atoms with Gasteiger partial charge in [-0.2, -0.15) is 4.31 Å². The highest BCUT2D eigenvalue weighted by Crippen LogP contribution is 2.27. The van der Waals surface area contributed by atoms with Gasteiger partial charge in [-0.25, -0.2) is 13.4 Å². The van der Waals surface area contributed by atoms with Gasteiger partial charge >= 0.3 is 0 Å². The van der Waals surface area contributed by atoms with Gasteiger partial charge in [0.25, 0.3) is 0 Å². The second-order valence-corrected chi connectivity index (χ2v) is 9.67. The Kier molecular flexibility index (Phi) is 6.20. The molecule has 9 heteroatoms. The molecule has 6 nitrogen and oxygen atoms in total. The monoisotopic (exact) mass is 471 g/mol. The van der Waals surface area contributed by atoms with Gasteiger partial charge in [-0.05, 0) is 55.7 Å². The van der Waals surface area contributed by atoms with Gasteiger partial charge in [-0.15, -0.1) is 0 Å². The van der Waals surface area contributed by atoms with Crippen molar-refractivity contribution in [1.29, 1.82) is 0 Å². The highest BCUT2D eigenvalue weighted by atomic mass is 79.9. The Morgan fingerprint density at radius 1 is 1.26 bits per heavy atom. The van der Waals surface area contributed by atoms with Gasteiger partial charge in [0.15, 0.2) is 0 Å². The predicted molar refractivity (Wildman–Crippen MR) is 108 cm³/mol. The quantitative estimate of drug-likeness (QED) is 0.733. The van der Waals surface area contributed by atoms with E-state index in [4.69, 9.17) is 11.6 Å². The highest BCUT2D eigenvalue weighted by molar-refractivity contribution is 9.10. The van der Waals surface area contributed by atoms with E-state index in [0.29, 0.717) is 36.8 Å². The lowest BCUT2D eigenvalue weighted by Crippen LogP contribution is -2.41. The Balaban J connectivity index is 1.63. The van der Waals surface area contributed by atoms with Crippen LogP contribution in [0, 0.1) is 12.8 Å². The fourth-order valence-corrected chi connectivity index (χ4v) is 4.88. The molecule has 3 rings (SSSR count). The number of hydrogen-bond acceptors (Lipinski definition) is 4. The lowest BCUT2D eigenvalue weighted by Gasteiger charge is -2.30. The molecule has 1 aromatic heterocycles. The molecule has 2 heterocycles. The van der Waals surface area contributed by atoms with Crippen LogP contribution in [-0.4, -0.2) is 36.7 Å². The summed E-state index contributed by atoms with van der Waals surface area (Å²) in [4.78, 5) is 16.7. The van der Waals surface area contributed by atoms with Crippen LogP contribution in [0.4, 0.5) is 5.82 Å². The maximum atomic E-state index is 12.8. The summed E-state index contributed by atoms with van der Waals surface area (Å²) in [5.74, 6) is 0.0340. The molecular formula is C18H19BrClN3O3S. The fourth-order valence-electron chi connectivity index (χ4n) is 2.96. The number of amides is 1. The zero-order chi connectivity index (χ0) is 19.6. The number of benzene rings is 1. The molecule has 0 spiro atoms. The fraction of sp³-hybridized carbons (Fsp3) is 0.333. The zero-order valence-corrected chi connectivity index (χ0v) is 17.8. The maximum absolute atomic E-state index is 12.8. The average molecular weight is 473 g/mol. The van der Waals surface area contributed by atoms with Gasteiger partial charge in [-0.1, -0.05) is 27.5 Å². The summed E-state index contributed by atoms with van der Waals surface area (Å²) >= 11 is 9.17. The molecule has 1 fully saturated rings. The third-order valence-corrected chi connectivity index (χ3v) is 7.58. The number of nitrogens with zero attached hydrogens (tertiary/aromatic N) is 2. The molecule has 1 saturated heterocycles. The summed E-state index contributed by atoms with van der Waals surface area (Å²) in [5, 5.41) is 3.25. The Labute approximate surface area is 172 Å². The lowest BCUT2D eigenvalue weighted by molar-refractivity contribution is -0.120. The standard InChI is InChI=1S/C18H19BrClN3O3S/c1-12-10-15(3-4-16(12)19)27(25,26)23-8-6-13(7-9-23)18(24)22-17-5-2-14(20)11-21-17/h2-5,10-11,13H,6-9H2,1H3,(H,21,22,24). The summed E-state index contributed by atoms with van der Waals surface area (Å²) in [6.07, 6.45) is 2.40. The minimum Gasteiger partial charge on any atom is -0.310 e. The van der Waals surface area contributed by atoms with Crippen LogP contribution in [0.15, 0.2) is 45.9 Å². The largest absolute Gasteiger partial charge is 0.310 e. The molecule has 0 aliphatic carbocycles. The Hall–Kier alpha value is -1.48. The molecule has 1 aromatic carbocycles. The van der Waals surface area contributed by atoms with Crippen molar-refractivity contribution in [2.75, 3.05) is 18.4 Å². The second kappa shape index (κ2) is 8.26. The number of carbonyl (C=O) groups excluding carboxylic acids is 1. The number of rotatable bonds is 4. The van der Waals surface area contributed by atoms with E-state index < -0.39 is 10.0 Å². The average Bonchev–Trinajstić information content (AvgIpc) is 2.66. The molecule has 0 unspecified atom stereocenters. The van der Waals surface area contributed by atoms with Crippen molar-refractivity contribution >= 4 is 49.3 Å². The van der Waals surface area contributed by atoms with Crippen molar-refractivity contribution in [3.63, 3.8) is 0 Å². The van der Waals surface area contributed by atoms with Crippen molar-refractivity contribution in [1.82, 2.24) is 9.29 Å². The number of aryl methyl sites for hydroxylation is 1. The van der Waals surface area contributed by atoms with Gasteiger partial charge < -0.3 is 5.32 Å². The third-order valence-electron chi connectivity index (χ3n) is 4.57. The first-order valence-electron chi connectivity index (χ1n) is 8.46. The molecule has 1 N–H and O–H groups in total. The molecule has 0 radical (unpaired) electrons. The van der Waals surface area contributed by atoms with Crippen LogP contribution in [0.5, 0.6) is 0 Å². The summed E-state index contributed by atoms with van der Waals surface area (Å²) in [6.45, 7) is 2.47. The smallest absolute Gasteiger partial charge is 0.243 e.